The van der Waals surface area contributed by atoms with Crippen LogP contribution in [0.2, 0.25) is 0 Å². The SMILES string of the molecule is Nc1n[nH]c2c(F)c(NC(=O)NC(COC(F)F)c3ccccc3)ncc12. The van der Waals surface area contributed by atoms with Crippen molar-refractivity contribution in [3.8, 4) is 0 Å². The van der Waals surface area contributed by atoms with Gasteiger partial charge >= 0.3 is 12.6 Å². The number of ether oxygens (including phenoxy) is 1. The second-order valence-corrected chi connectivity index (χ2v) is 5.47. The number of nitrogens with zero attached hydrogens (tertiary/aromatic N) is 2. The molecule has 2 heterocycles. The number of carbonyl (C=O) groups excluding carboxylic acids is 1. The van der Waals surface area contributed by atoms with Gasteiger partial charge in [-0.05, 0) is 5.56 Å². The van der Waals surface area contributed by atoms with E-state index in [-0.39, 0.29) is 22.5 Å². The normalized spacial score (nSPS) is 12.3. The minimum absolute atomic E-state index is 0.0153. The average molecular weight is 380 g/mol. The number of fused-ring (bicyclic) bond motifs is 1. The topological polar surface area (TPSA) is 118 Å². The molecule has 1 unspecified atom stereocenters. The van der Waals surface area contributed by atoms with Crippen molar-refractivity contribution in [1.82, 2.24) is 20.5 Å². The number of H-pyrrole nitrogens is 1. The fraction of sp³-hybridized carbons (Fsp3) is 0.188. The number of aromatic amines is 1. The fourth-order valence-corrected chi connectivity index (χ4v) is 2.43. The van der Waals surface area contributed by atoms with E-state index in [9.17, 15) is 18.0 Å². The van der Waals surface area contributed by atoms with Crippen molar-refractivity contribution in [2.24, 2.45) is 0 Å². The summed E-state index contributed by atoms with van der Waals surface area (Å²) in [6.45, 7) is -3.46. The summed E-state index contributed by atoms with van der Waals surface area (Å²) in [6.07, 6.45) is 1.25. The van der Waals surface area contributed by atoms with Gasteiger partial charge in [0.2, 0.25) is 0 Å². The third kappa shape index (κ3) is 4.26. The van der Waals surface area contributed by atoms with E-state index in [0.29, 0.717) is 5.56 Å². The first-order valence-electron chi connectivity index (χ1n) is 7.76. The van der Waals surface area contributed by atoms with Gasteiger partial charge in [-0.3, -0.25) is 10.4 Å². The van der Waals surface area contributed by atoms with Crippen LogP contribution >= 0.6 is 0 Å². The molecule has 0 aliphatic carbocycles. The molecule has 0 fully saturated rings. The number of nitrogens with two attached hydrogens (primary N) is 1. The summed E-state index contributed by atoms with van der Waals surface area (Å²) in [4.78, 5) is 16.0. The van der Waals surface area contributed by atoms with E-state index < -0.39 is 31.1 Å². The lowest BCUT2D eigenvalue weighted by Crippen LogP contribution is -2.35. The maximum atomic E-state index is 14.4. The number of pyridine rings is 1. The number of nitrogens with one attached hydrogen (secondary N) is 3. The number of halogens is 3. The zero-order valence-corrected chi connectivity index (χ0v) is 13.7. The summed E-state index contributed by atoms with van der Waals surface area (Å²) >= 11 is 0. The summed E-state index contributed by atoms with van der Waals surface area (Å²) in [7, 11) is 0. The minimum atomic E-state index is -2.99. The molecule has 0 aliphatic heterocycles. The molecule has 0 saturated heterocycles. The number of amides is 2. The Bertz CT molecular complexity index is 935. The molecule has 2 amide bonds. The molecular formula is C16H15F3N6O2. The van der Waals surface area contributed by atoms with E-state index in [4.69, 9.17) is 5.73 Å². The highest BCUT2D eigenvalue weighted by Gasteiger charge is 2.20. The van der Waals surface area contributed by atoms with Crippen LogP contribution in [0.15, 0.2) is 36.5 Å². The van der Waals surface area contributed by atoms with Crippen LogP contribution in [-0.2, 0) is 4.74 Å². The number of anilines is 2. The monoisotopic (exact) mass is 380 g/mol. The van der Waals surface area contributed by atoms with Crippen molar-refractivity contribution in [2.75, 3.05) is 17.7 Å². The summed E-state index contributed by atoms with van der Waals surface area (Å²) < 4.78 is 43.4. The number of hydrogen-bond acceptors (Lipinski definition) is 5. The van der Waals surface area contributed by atoms with Gasteiger partial charge in [0.05, 0.1) is 18.0 Å². The van der Waals surface area contributed by atoms with Crippen LogP contribution in [0, 0.1) is 5.82 Å². The van der Waals surface area contributed by atoms with Crippen LogP contribution < -0.4 is 16.4 Å². The van der Waals surface area contributed by atoms with E-state index in [0.717, 1.165) is 0 Å². The Morgan fingerprint density at radius 3 is 2.74 bits per heavy atom. The van der Waals surface area contributed by atoms with Crippen molar-refractivity contribution in [3.63, 3.8) is 0 Å². The third-order valence-electron chi connectivity index (χ3n) is 3.71. The predicted octanol–water partition coefficient (Wildman–Crippen LogP) is 2.78. The van der Waals surface area contributed by atoms with Crippen LogP contribution in [0.4, 0.5) is 29.6 Å². The van der Waals surface area contributed by atoms with Gasteiger partial charge in [-0.2, -0.15) is 13.9 Å². The maximum absolute atomic E-state index is 14.4. The first kappa shape index (κ1) is 18.5. The highest BCUT2D eigenvalue weighted by molar-refractivity contribution is 5.94. The summed E-state index contributed by atoms with van der Waals surface area (Å²) in [5.74, 6) is -1.15. The van der Waals surface area contributed by atoms with E-state index in [1.54, 1.807) is 30.3 Å². The molecule has 0 radical (unpaired) electrons. The molecule has 1 atom stereocenters. The highest BCUT2D eigenvalue weighted by atomic mass is 19.3. The number of carbonyl (C=O) groups is 1. The molecule has 11 heteroatoms. The molecule has 5 N–H and O–H groups in total. The fourth-order valence-electron chi connectivity index (χ4n) is 2.43. The molecule has 8 nitrogen and oxygen atoms in total. The second-order valence-electron chi connectivity index (χ2n) is 5.47. The Balaban J connectivity index is 1.75. The molecule has 27 heavy (non-hydrogen) atoms. The Kier molecular flexibility index (Phi) is 5.41. The van der Waals surface area contributed by atoms with E-state index >= 15 is 0 Å². The number of rotatable bonds is 6. The van der Waals surface area contributed by atoms with Crippen molar-refractivity contribution < 1.29 is 22.7 Å². The van der Waals surface area contributed by atoms with Crippen molar-refractivity contribution in [1.29, 1.82) is 0 Å². The van der Waals surface area contributed by atoms with Crippen LogP contribution in [0.5, 0.6) is 0 Å². The van der Waals surface area contributed by atoms with Gasteiger partial charge in [0, 0.05) is 6.20 Å². The van der Waals surface area contributed by atoms with Gasteiger partial charge < -0.3 is 15.8 Å². The molecule has 3 rings (SSSR count). The number of nitrogen functional groups attached to an aromatic ring is 1. The van der Waals surface area contributed by atoms with E-state index in [1.807, 2.05) is 0 Å². The van der Waals surface area contributed by atoms with Crippen LogP contribution in [0.1, 0.15) is 11.6 Å². The smallest absolute Gasteiger partial charge is 0.345 e. The molecule has 2 aromatic heterocycles. The number of alkyl halides is 2. The lowest BCUT2D eigenvalue weighted by atomic mass is 10.1. The number of aromatic nitrogens is 3. The lowest BCUT2D eigenvalue weighted by Gasteiger charge is -2.19. The Hall–Kier alpha value is -3.34. The van der Waals surface area contributed by atoms with Gasteiger partial charge in [0.25, 0.3) is 0 Å². The van der Waals surface area contributed by atoms with E-state index in [2.05, 4.69) is 30.6 Å². The Morgan fingerprint density at radius 1 is 1.30 bits per heavy atom. The molecule has 0 saturated carbocycles. The van der Waals surface area contributed by atoms with Gasteiger partial charge in [-0.1, -0.05) is 30.3 Å². The van der Waals surface area contributed by atoms with Gasteiger partial charge in [-0.25, -0.2) is 14.2 Å². The van der Waals surface area contributed by atoms with Crippen molar-refractivity contribution >= 4 is 28.6 Å². The molecule has 0 aliphatic rings. The molecule has 0 spiro atoms. The quantitative estimate of drug-likeness (QED) is 0.524. The number of benzene rings is 1. The Labute approximate surface area is 150 Å². The minimum Gasteiger partial charge on any atom is -0.382 e. The maximum Gasteiger partial charge on any atom is 0.345 e. The highest BCUT2D eigenvalue weighted by Crippen LogP contribution is 2.24. The van der Waals surface area contributed by atoms with Gasteiger partial charge in [0.1, 0.15) is 5.52 Å². The van der Waals surface area contributed by atoms with E-state index in [1.165, 1.54) is 6.20 Å². The molecule has 3 aromatic rings. The first-order valence-corrected chi connectivity index (χ1v) is 7.76. The molecule has 142 valence electrons. The number of urea groups is 1. The molecular weight excluding hydrogens is 365 g/mol. The summed E-state index contributed by atoms with van der Waals surface area (Å²) in [5, 5.41) is 11.0. The first-order chi connectivity index (χ1) is 13.0. The molecule has 1 aromatic carbocycles. The van der Waals surface area contributed by atoms with Gasteiger partial charge in [-0.15, -0.1) is 0 Å². The average Bonchev–Trinajstić information content (AvgIpc) is 3.03. The molecule has 0 bridgehead atoms. The van der Waals surface area contributed by atoms with Crippen LogP contribution in [0.3, 0.4) is 0 Å². The standard InChI is InChI=1S/C16H15F3N6O2/c17-11-12-9(13(20)25-24-12)6-21-14(11)23-16(26)22-10(7-27-15(18)19)8-4-2-1-3-5-8/h1-6,10,15H,7H2,(H3,20,24,25)(H2,21,22,23,26). The largest absolute Gasteiger partial charge is 0.382 e. The summed E-state index contributed by atoms with van der Waals surface area (Å²) in [6, 6.07) is 6.65. The zero-order chi connectivity index (χ0) is 19.4. The second kappa shape index (κ2) is 7.91. The third-order valence-corrected chi connectivity index (χ3v) is 3.71. The van der Waals surface area contributed by atoms with Crippen LogP contribution in [0.25, 0.3) is 10.9 Å². The zero-order valence-electron chi connectivity index (χ0n) is 13.7. The van der Waals surface area contributed by atoms with Crippen LogP contribution in [-0.4, -0.2) is 34.4 Å². The van der Waals surface area contributed by atoms with Crippen molar-refractivity contribution in [2.45, 2.75) is 12.7 Å². The Morgan fingerprint density at radius 2 is 2.04 bits per heavy atom. The number of hydrogen-bond donors (Lipinski definition) is 4. The summed E-state index contributed by atoms with van der Waals surface area (Å²) in [5.41, 5.74) is 6.09. The predicted molar refractivity (Wildman–Crippen MR) is 91.6 cm³/mol. The lowest BCUT2D eigenvalue weighted by molar-refractivity contribution is -0.133. The van der Waals surface area contributed by atoms with Crippen molar-refractivity contribution in [3.05, 3.63) is 47.9 Å². The van der Waals surface area contributed by atoms with Gasteiger partial charge in [0.15, 0.2) is 17.5 Å².